The summed E-state index contributed by atoms with van der Waals surface area (Å²) in [5.74, 6) is 0.693. The second kappa shape index (κ2) is 14.7. The highest BCUT2D eigenvalue weighted by atomic mass is 16.3. The van der Waals surface area contributed by atoms with Crippen LogP contribution in [0.2, 0.25) is 0 Å². The molecule has 2 atom stereocenters. The standard InChI is InChI=1S/C57H43NO/c1-38-36-46(34-35-47(38)44-28-26-41(27-29-44)39-14-4-2-5-15-39)58(45-32-30-42(31-33-45)40-16-6-3-7-17-40)54-37-53-56-51(49-23-12-19-43-18-8-9-20-48(43)49)24-13-25-55(56)59-57(53)52-22-11-10-21-50(52)54/h2-16,18-35,37-38,40H,17,36H2,1H3/t38-,40?/m1/s1. The molecule has 0 spiro atoms. The first-order chi connectivity index (χ1) is 29.2. The number of nitrogens with zero attached hydrogens (tertiary/aromatic N) is 1. The number of fused-ring (bicyclic) bond motifs is 6. The van der Waals surface area contributed by atoms with E-state index in [-0.39, 0.29) is 0 Å². The largest absolute Gasteiger partial charge is 0.455 e. The fourth-order valence-corrected chi connectivity index (χ4v) is 9.53. The van der Waals surface area contributed by atoms with Gasteiger partial charge in [0, 0.05) is 38.8 Å². The second-order valence-electron chi connectivity index (χ2n) is 16.0. The van der Waals surface area contributed by atoms with Crippen LogP contribution in [0.15, 0.2) is 216 Å². The molecule has 0 radical (unpaired) electrons. The van der Waals surface area contributed by atoms with E-state index in [9.17, 15) is 0 Å². The van der Waals surface area contributed by atoms with E-state index in [1.54, 1.807) is 0 Å². The van der Waals surface area contributed by atoms with Crippen molar-refractivity contribution >= 4 is 60.4 Å². The van der Waals surface area contributed by atoms with Crippen LogP contribution >= 0.6 is 0 Å². The van der Waals surface area contributed by atoms with Crippen LogP contribution in [0.5, 0.6) is 0 Å². The molecule has 2 nitrogen and oxygen atoms in total. The SMILES string of the molecule is C[C@@H]1CC(N(c2ccc(C3C=CC=CC3)cc2)c2cc3c(oc4cccc(-c5cccc6ccccc56)c43)c3ccccc23)=CC=C1c1ccc(-c2ccccc2)cc1. The Labute approximate surface area is 345 Å². The Balaban J connectivity index is 1.10. The van der Waals surface area contributed by atoms with Crippen LogP contribution in [-0.4, -0.2) is 0 Å². The van der Waals surface area contributed by atoms with Crippen LogP contribution in [0.4, 0.5) is 11.4 Å². The Morgan fingerprint density at radius 1 is 0.559 bits per heavy atom. The van der Waals surface area contributed by atoms with Crippen molar-refractivity contribution in [2.45, 2.75) is 25.7 Å². The van der Waals surface area contributed by atoms with Crippen molar-refractivity contribution in [3.05, 3.63) is 223 Å². The zero-order valence-corrected chi connectivity index (χ0v) is 33.1. The van der Waals surface area contributed by atoms with Gasteiger partial charge in [-0.3, -0.25) is 0 Å². The molecule has 2 aliphatic rings. The van der Waals surface area contributed by atoms with Crippen LogP contribution in [0.1, 0.15) is 36.8 Å². The Morgan fingerprint density at radius 3 is 2.05 bits per heavy atom. The summed E-state index contributed by atoms with van der Waals surface area (Å²) < 4.78 is 6.87. The minimum Gasteiger partial charge on any atom is -0.455 e. The third-order valence-electron chi connectivity index (χ3n) is 12.5. The van der Waals surface area contributed by atoms with Gasteiger partial charge >= 0.3 is 0 Å². The van der Waals surface area contributed by atoms with Gasteiger partial charge in [-0.1, -0.05) is 183 Å². The maximum Gasteiger partial charge on any atom is 0.143 e. The van der Waals surface area contributed by atoms with Crippen molar-refractivity contribution < 1.29 is 4.42 Å². The highest BCUT2D eigenvalue weighted by molar-refractivity contribution is 6.23. The normalized spacial score (nSPS) is 16.5. The maximum absolute atomic E-state index is 6.87. The van der Waals surface area contributed by atoms with Gasteiger partial charge in [0.15, 0.2) is 0 Å². The number of allylic oxidation sites excluding steroid dienone is 8. The topological polar surface area (TPSA) is 16.4 Å². The van der Waals surface area contributed by atoms with Gasteiger partial charge in [-0.2, -0.15) is 0 Å². The molecular weight excluding hydrogens is 715 g/mol. The monoisotopic (exact) mass is 757 g/mol. The summed E-state index contributed by atoms with van der Waals surface area (Å²) in [5.41, 5.74) is 14.2. The fraction of sp³-hybridized carbons (Fsp3) is 0.0877. The highest BCUT2D eigenvalue weighted by Gasteiger charge is 2.26. The molecule has 1 aromatic heterocycles. The molecule has 0 saturated carbocycles. The van der Waals surface area contributed by atoms with Gasteiger partial charge in [-0.05, 0) is 98.8 Å². The van der Waals surface area contributed by atoms with Gasteiger partial charge in [0.2, 0.25) is 0 Å². The van der Waals surface area contributed by atoms with Gasteiger partial charge in [-0.15, -0.1) is 0 Å². The van der Waals surface area contributed by atoms with E-state index in [2.05, 4.69) is 218 Å². The molecule has 282 valence electrons. The van der Waals surface area contributed by atoms with Gasteiger partial charge in [0.05, 0.1) is 5.69 Å². The molecule has 59 heavy (non-hydrogen) atoms. The van der Waals surface area contributed by atoms with E-state index in [0.29, 0.717) is 11.8 Å². The zero-order valence-electron chi connectivity index (χ0n) is 33.1. The van der Waals surface area contributed by atoms with Gasteiger partial charge in [0.25, 0.3) is 0 Å². The molecule has 0 amide bonds. The van der Waals surface area contributed by atoms with Crippen LogP contribution < -0.4 is 4.90 Å². The first-order valence-electron chi connectivity index (χ1n) is 20.8. The van der Waals surface area contributed by atoms with Crippen LogP contribution in [0.3, 0.4) is 0 Å². The van der Waals surface area contributed by atoms with E-state index in [0.717, 1.165) is 56.9 Å². The zero-order chi connectivity index (χ0) is 39.3. The number of hydrogen-bond donors (Lipinski definition) is 0. The minimum atomic E-state index is 0.307. The highest BCUT2D eigenvalue weighted by Crippen LogP contribution is 2.48. The summed E-state index contributed by atoms with van der Waals surface area (Å²) in [6.07, 6.45) is 15.5. The quantitative estimate of drug-likeness (QED) is 0.161. The number of hydrogen-bond acceptors (Lipinski definition) is 2. The molecule has 1 heterocycles. The molecule has 2 heteroatoms. The number of rotatable bonds is 7. The summed E-state index contributed by atoms with van der Waals surface area (Å²) in [5, 5.41) is 7.01. The molecule has 2 aliphatic carbocycles. The Kier molecular flexibility index (Phi) is 8.70. The predicted molar refractivity (Wildman–Crippen MR) is 250 cm³/mol. The number of furan rings is 1. The molecule has 8 aromatic carbocycles. The third kappa shape index (κ3) is 6.20. The molecule has 1 unspecified atom stereocenters. The lowest BCUT2D eigenvalue weighted by atomic mass is 9.85. The van der Waals surface area contributed by atoms with Crippen molar-refractivity contribution in [2.24, 2.45) is 5.92 Å². The van der Waals surface area contributed by atoms with Crippen molar-refractivity contribution in [1.29, 1.82) is 0 Å². The average Bonchev–Trinajstić information content (AvgIpc) is 3.69. The first-order valence-corrected chi connectivity index (χ1v) is 20.8. The lowest BCUT2D eigenvalue weighted by Gasteiger charge is -2.33. The maximum atomic E-state index is 6.87. The molecule has 0 aliphatic heterocycles. The van der Waals surface area contributed by atoms with Crippen LogP contribution in [0, 0.1) is 5.92 Å². The Bertz CT molecular complexity index is 3150. The van der Waals surface area contributed by atoms with Gasteiger partial charge in [0.1, 0.15) is 11.2 Å². The van der Waals surface area contributed by atoms with E-state index < -0.39 is 0 Å². The smallest absolute Gasteiger partial charge is 0.143 e. The van der Waals surface area contributed by atoms with E-state index in [1.807, 2.05) is 0 Å². The fourth-order valence-electron chi connectivity index (χ4n) is 9.53. The Morgan fingerprint density at radius 2 is 1.25 bits per heavy atom. The van der Waals surface area contributed by atoms with Gasteiger partial charge < -0.3 is 9.32 Å². The first kappa shape index (κ1) is 35.0. The lowest BCUT2D eigenvalue weighted by molar-refractivity contribution is 0.672. The predicted octanol–water partition coefficient (Wildman–Crippen LogP) is 16.0. The van der Waals surface area contributed by atoms with Crippen LogP contribution in [-0.2, 0) is 0 Å². The summed E-state index contributed by atoms with van der Waals surface area (Å²) in [6, 6.07) is 61.9. The van der Waals surface area contributed by atoms with Crippen molar-refractivity contribution in [3.63, 3.8) is 0 Å². The second-order valence-corrected chi connectivity index (χ2v) is 16.0. The Hall–Kier alpha value is -7.16. The summed E-state index contributed by atoms with van der Waals surface area (Å²) in [6.45, 7) is 2.37. The van der Waals surface area contributed by atoms with Gasteiger partial charge in [-0.25, -0.2) is 0 Å². The minimum absolute atomic E-state index is 0.307. The molecule has 0 saturated heterocycles. The summed E-state index contributed by atoms with van der Waals surface area (Å²) in [7, 11) is 0. The summed E-state index contributed by atoms with van der Waals surface area (Å²) >= 11 is 0. The van der Waals surface area contributed by atoms with Crippen LogP contribution in [0.25, 0.3) is 71.3 Å². The van der Waals surface area contributed by atoms with E-state index in [4.69, 9.17) is 4.42 Å². The van der Waals surface area contributed by atoms with E-state index >= 15 is 0 Å². The average molecular weight is 758 g/mol. The molecule has 11 rings (SSSR count). The van der Waals surface area contributed by atoms with Crippen molar-refractivity contribution in [3.8, 4) is 22.3 Å². The molecule has 0 fully saturated rings. The van der Waals surface area contributed by atoms with Crippen molar-refractivity contribution in [1.82, 2.24) is 0 Å². The molecule has 9 aromatic rings. The van der Waals surface area contributed by atoms with Crippen molar-refractivity contribution in [2.75, 3.05) is 4.90 Å². The molecular formula is C57H43NO. The summed E-state index contributed by atoms with van der Waals surface area (Å²) in [4.78, 5) is 2.52. The number of benzene rings is 8. The lowest BCUT2D eigenvalue weighted by Crippen LogP contribution is -2.21. The third-order valence-corrected chi connectivity index (χ3v) is 12.5. The molecule has 0 N–H and O–H groups in total. The number of anilines is 2. The molecule has 0 bridgehead atoms. The van der Waals surface area contributed by atoms with E-state index in [1.165, 1.54) is 55.4 Å².